The number of amides is 4. The van der Waals surface area contributed by atoms with Crippen LogP contribution in [-0.2, 0) is 20.7 Å². The Labute approximate surface area is 387 Å². The highest BCUT2D eigenvalue weighted by Gasteiger charge is 2.41. The summed E-state index contributed by atoms with van der Waals surface area (Å²) in [6.07, 6.45) is 3.75. The van der Waals surface area contributed by atoms with Gasteiger partial charge in [0, 0.05) is 5.41 Å². The van der Waals surface area contributed by atoms with Crippen molar-refractivity contribution in [1.82, 2.24) is 0 Å². The number of hydrogen-bond acceptors (Lipinski definition) is 8. The van der Waals surface area contributed by atoms with Gasteiger partial charge in [-0.3, -0.25) is 19.2 Å². The van der Waals surface area contributed by atoms with Crippen LogP contribution in [0, 0.1) is 0 Å². The molecule has 2 aliphatic heterocycles. The van der Waals surface area contributed by atoms with E-state index in [4.69, 9.17) is 9.47 Å². The number of carbonyl (C=O) groups is 4. The molecule has 66 heavy (non-hydrogen) atoms. The van der Waals surface area contributed by atoms with Crippen LogP contribution in [-0.4, -0.2) is 37.6 Å². The zero-order valence-corrected chi connectivity index (χ0v) is 39.4. The van der Waals surface area contributed by atoms with Gasteiger partial charge in [-0.25, -0.2) is 18.2 Å². The van der Waals surface area contributed by atoms with Crippen LogP contribution in [0.2, 0.25) is 0 Å². The highest BCUT2D eigenvalue weighted by molar-refractivity contribution is 7.91. The Morgan fingerprint density at radius 1 is 0.500 bits per heavy atom. The van der Waals surface area contributed by atoms with Crippen LogP contribution in [0.5, 0.6) is 17.2 Å². The third-order valence-electron chi connectivity index (χ3n) is 13.5. The van der Waals surface area contributed by atoms with Crippen molar-refractivity contribution in [2.24, 2.45) is 0 Å². The number of nitrogens with zero attached hydrogens (tertiary/aromatic N) is 2. The molecule has 11 heteroatoms. The lowest BCUT2D eigenvalue weighted by molar-refractivity contribution is 0.0890. The monoisotopic (exact) mass is 902 g/mol. The second-order valence-electron chi connectivity index (χ2n) is 18.4. The number of fused-ring (bicyclic) bond motifs is 2. The van der Waals surface area contributed by atoms with Gasteiger partial charge in [0.2, 0.25) is 9.84 Å². The van der Waals surface area contributed by atoms with E-state index in [2.05, 4.69) is 58.9 Å². The molecule has 0 spiro atoms. The zero-order chi connectivity index (χ0) is 47.3. The van der Waals surface area contributed by atoms with E-state index in [0.29, 0.717) is 11.5 Å². The molecule has 0 saturated carbocycles. The molecule has 10 nitrogen and oxygen atoms in total. The van der Waals surface area contributed by atoms with Gasteiger partial charge in [-0.2, -0.15) is 0 Å². The fourth-order valence-corrected chi connectivity index (χ4v) is 10.2. The Bertz CT molecular complexity index is 2990. The number of anilines is 2. The molecule has 0 aromatic heterocycles. The molecule has 0 bridgehead atoms. The first kappa shape index (κ1) is 45.7. The summed E-state index contributed by atoms with van der Waals surface area (Å²) in [4.78, 5) is 56.8. The minimum atomic E-state index is -4.11. The molecular formula is C55H54N2O8S. The molecule has 2 aliphatic rings. The number of ether oxygens (including phenoxy) is 2. The standard InChI is InChI=1S/C55H54N2O8S/c1-9-34-53(4,5)65-46-17-13-15-44-48(46)52(61)57(50(44)59)39-26-32-42(33-27-39)66(62,63)41-30-24-38(25-31-41)56-49(58)43-14-12-16-45(47(43)51(56)60)64-40-28-22-36(23-29-40)54(6,7)35-18-20-37(21-19-35)55(8,10-2)11-3/h12-33H,9-11,34H2,1-8H3. The van der Waals surface area contributed by atoms with E-state index >= 15 is 0 Å². The van der Waals surface area contributed by atoms with Crippen molar-refractivity contribution in [3.8, 4) is 17.2 Å². The maximum absolute atomic E-state index is 14.0. The smallest absolute Gasteiger partial charge is 0.269 e. The largest absolute Gasteiger partial charge is 0.487 e. The van der Waals surface area contributed by atoms with Crippen molar-refractivity contribution < 1.29 is 37.1 Å². The number of benzene rings is 6. The minimum Gasteiger partial charge on any atom is -0.487 e. The molecule has 0 saturated heterocycles. The number of imide groups is 2. The summed E-state index contributed by atoms with van der Waals surface area (Å²) in [6.45, 7) is 17.0. The van der Waals surface area contributed by atoms with Crippen LogP contribution >= 0.6 is 0 Å². The van der Waals surface area contributed by atoms with Crippen molar-refractivity contribution >= 4 is 44.8 Å². The summed E-state index contributed by atoms with van der Waals surface area (Å²) >= 11 is 0. The lowest BCUT2D eigenvalue weighted by atomic mass is 9.74. The molecule has 338 valence electrons. The number of sulfone groups is 1. The molecule has 8 rings (SSSR count). The number of carbonyl (C=O) groups excluding carboxylic acids is 4. The van der Waals surface area contributed by atoms with Crippen molar-refractivity contribution in [1.29, 1.82) is 0 Å². The summed E-state index contributed by atoms with van der Waals surface area (Å²) in [5.74, 6) is -1.23. The summed E-state index contributed by atoms with van der Waals surface area (Å²) in [5.41, 5.74) is 3.92. The van der Waals surface area contributed by atoms with E-state index in [9.17, 15) is 27.6 Å². The van der Waals surface area contributed by atoms with Crippen LogP contribution in [0.3, 0.4) is 0 Å². The third-order valence-corrected chi connectivity index (χ3v) is 15.3. The molecular weight excluding hydrogens is 849 g/mol. The van der Waals surface area contributed by atoms with Crippen molar-refractivity contribution in [3.05, 3.63) is 172 Å². The van der Waals surface area contributed by atoms with Gasteiger partial charge in [0.1, 0.15) is 22.8 Å². The van der Waals surface area contributed by atoms with E-state index in [0.717, 1.165) is 41.0 Å². The average Bonchev–Trinajstić information content (AvgIpc) is 3.73. The van der Waals surface area contributed by atoms with Gasteiger partial charge in [0.25, 0.3) is 23.6 Å². The second-order valence-corrected chi connectivity index (χ2v) is 20.4. The lowest BCUT2D eigenvalue weighted by Crippen LogP contribution is -2.30. The van der Waals surface area contributed by atoms with E-state index in [1.54, 1.807) is 36.4 Å². The van der Waals surface area contributed by atoms with E-state index in [1.807, 2.05) is 45.0 Å². The lowest BCUT2D eigenvalue weighted by Gasteiger charge is -2.30. The topological polar surface area (TPSA) is 127 Å². The van der Waals surface area contributed by atoms with Crippen molar-refractivity contribution in [2.45, 2.75) is 107 Å². The maximum Gasteiger partial charge on any atom is 0.269 e. The van der Waals surface area contributed by atoms with Crippen molar-refractivity contribution in [2.75, 3.05) is 9.80 Å². The molecule has 0 aliphatic carbocycles. The SMILES string of the molecule is CCCC(C)(C)Oc1cccc2c1C(=O)N(c1ccc(S(=O)(=O)c3ccc(N4C(=O)c5cccc(Oc6ccc(C(C)(C)c7ccc(C(C)(CC)CC)cc7)cc6)c5C4=O)cc3)cc1)C2=O. The Hall–Kier alpha value is -6.85. The van der Waals surface area contributed by atoms with Gasteiger partial charge >= 0.3 is 0 Å². The van der Waals surface area contributed by atoms with Gasteiger partial charge in [0.15, 0.2) is 0 Å². The Morgan fingerprint density at radius 2 is 0.924 bits per heavy atom. The normalized spacial score (nSPS) is 14.2. The summed E-state index contributed by atoms with van der Waals surface area (Å²) < 4.78 is 40.2. The zero-order valence-electron chi connectivity index (χ0n) is 38.6. The van der Waals surface area contributed by atoms with Gasteiger partial charge < -0.3 is 9.47 Å². The molecule has 2 heterocycles. The molecule has 6 aromatic carbocycles. The predicted octanol–water partition coefficient (Wildman–Crippen LogP) is 12.3. The van der Waals surface area contributed by atoms with Gasteiger partial charge in [-0.15, -0.1) is 0 Å². The summed E-state index contributed by atoms with van der Waals surface area (Å²) in [5, 5.41) is 0. The summed E-state index contributed by atoms with van der Waals surface area (Å²) in [7, 11) is -4.11. The Morgan fingerprint density at radius 3 is 1.38 bits per heavy atom. The van der Waals surface area contributed by atoms with Crippen molar-refractivity contribution in [3.63, 3.8) is 0 Å². The Kier molecular flexibility index (Phi) is 11.9. The number of hydrogen-bond donors (Lipinski definition) is 0. The van der Waals surface area contributed by atoms with Crippen LogP contribution < -0.4 is 19.3 Å². The first-order valence-electron chi connectivity index (χ1n) is 22.4. The minimum absolute atomic E-state index is 0.0827. The third kappa shape index (κ3) is 7.99. The van der Waals surface area contributed by atoms with E-state index in [1.165, 1.54) is 59.7 Å². The van der Waals surface area contributed by atoms with Gasteiger partial charge in [-0.1, -0.05) is 96.5 Å². The fourth-order valence-electron chi connectivity index (χ4n) is 8.96. The van der Waals surface area contributed by atoms with Gasteiger partial charge in [-0.05, 0) is 140 Å². The first-order valence-corrected chi connectivity index (χ1v) is 23.9. The molecule has 4 amide bonds. The van der Waals surface area contributed by atoms with E-state index < -0.39 is 39.1 Å². The van der Waals surface area contributed by atoms with Crippen LogP contribution in [0.1, 0.15) is 139 Å². The second kappa shape index (κ2) is 17.2. The van der Waals surface area contributed by atoms with Gasteiger partial charge in [0.05, 0.1) is 43.4 Å². The molecule has 0 atom stereocenters. The quantitative estimate of drug-likeness (QED) is 0.0932. The highest BCUT2D eigenvalue weighted by atomic mass is 32.2. The average molecular weight is 903 g/mol. The maximum atomic E-state index is 14.0. The van der Waals surface area contributed by atoms with Crippen LogP contribution in [0.25, 0.3) is 0 Å². The molecule has 0 unspecified atom stereocenters. The summed E-state index contributed by atoms with van der Waals surface area (Å²) in [6, 6.07) is 37.3. The van der Waals surface area contributed by atoms with E-state index in [-0.39, 0.29) is 60.0 Å². The fraction of sp³-hybridized carbons (Fsp3) is 0.273. The number of rotatable bonds is 15. The molecule has 0 radical (unpaired) electrons. The Balaban J connectivity index is 0.962. The van der Waals surface area contributed by atoms with Crippen LogP contribution in [0.15, 0.2) is 143 Å². The molecule has 0 fully saturated rings. The highest BCUT2D eigenvalue weighted by Crippen LogP contribution is 2.41. The van der Waals surface area contributed by atoms with Crippen LogP contribution in [0.4, 0.5) is 11.4 Å². The molecule has 0 N–H and O–H groups in total. The first-order chi connectivity index (χ1) is 31.3. The molecule has 6 aromatic rings. The predicted molar refractivity (Wildman–Crippen MR) is 256 cm³/mol.